The molecule has 0 unspecified atom stereocenters. The van der Waals surface area contributed by atoms with Gasteiger partial charge in [-0.2, -0.15) is 0 Å². The summed E-state index contributed by atoms with van der Waals surface area (Å²) in [4.78, 5) is 14.6. The SMILES string of the molecule is CC(=O)NCCNc1ccnc(C)c1. The van der Waals surface area contributed by atoms with Crippen molar-refractivity contribution in [3.8, 4) is 0 Å². The normalized spacial score (nSPS) is 9.57. The second kappa shape index (κ2) is 5.21. The lowest BCUT2D eigenvalue weighted by atomic mass is 10.3. The Morgan fingerprint density at radius 2 is 2.29 bits per heavy atom. The van der Waals surface area contributed by atoms with Crippen molar-refractivity contribution in [3.63, 3.8) is 0 Å². The van der Waals surface area contributed by atoms with E-state index in [9.17, 15) is 4.79 Å². The van der Waals surface area contributed by atoms with Gasteiger partial charge >= 0.3 is 0 Å². The van der Waals surface area contributed by atoms with E-state index in [2.05, 4.69) is 15.6 Å². The van der Waals surface area contributed by atoms with Crippen LogP contribution >= 0.6 is 0 Å². The number of carbonyl (C=O) groups is 1. The minimum atomic E-state index is -0.00212. The lowest BCUT2D eigenvalue weighted by Gasteiger charge is -2.06. The molecule has 1 heterocycles. The zero-order valence-corrected chi connectivity index (χ0v) is 8.50. The van der Waals surface area contributed by atoms with Crippen LogP contribution in [-0.4, -0.2) is 24.0 Å². The number of aromatic nitrogens is 1. The number of nitrogens with one attached hydrogen (secondary N) is 2. The van der Waals surface area contributed by atoms with Crippen molar-refractivity contribution in [2.75, 3.05) is 18.4 Å². The summed E-state index contributed by atoms with van der Waals surface area (Å²) in [6, 6.07) is 3.87. The molecule has 0 saturated carbocycles. The van der Waals surface area contributed by atoms with E-state index >= 15 is 0 Å². The molecule has 0 saturated heterocycles. The lowest BCUT2D eigenvalue weighted by Crippen LogP contribution is -2.26. The molecule has 0 aliphatic carbocycles. The van der Waals surface area contributed by atoms with Crippen LogP contribution in [0.1, 0.15) is 12.6 Å². The van der Waals surface area contributed by atoms with E-state index in [-0.39, 0.29) is 5.91 Å². The average molecular weight is 193 g/mol. The maximum Gasteiger partial charge on any atom is 0.216 e. The van der Waals surface area contributed by atoms with Crippen molar-refractivity contribution >= 4 is 11.6 Å². The summed E-state index contributed by atoms with van der Waals surface area (Å²) in [5, 5.41) is 5.90. The minimum Gasteiger partial charge on any atom is -0.383 e. The quantitative estimate of drug-likeness (QED) is 0.700. The smallest absolute Gasteiger partial charge is 0.216 e. The van der Waals surface area contributed by atoms with Gasteiger partial charge in [-0.1, -0.05) is 0 Å². The summed E-state index contributed by atoms with van der Waals surface area (Å²) in [6.45, 7) is 4.81. The number of hydrogen-bond acceptors (Lipinski definition) is 3. The number of carbonyl (C=O) groups excluding carboxylic acids is 1. The first kappa shape index (κ1) is 10.5. The maximum absolute atomic E-state index is 10.6. The lowest BCUT2D eigenvalue weighted by molar-refractivity contribution is -0.118. The maximum atomic E-state index is 10.6. The van der Waals surface area contributed by atoms with Crippen molar-refractivity contribution in [3.05, 3.63) is 24.0 Å². The number of pyridine rings is 1. The Kier molecular flexibility index (Phi) is 3.91. The average Bonchev–Trinajstić information content (AvgIpc) is 2.12. The summed E-state index contributed by atoms with van der Waals surface area (Å²) >= 11 is 0. The number of hydrogen-bond donors (Lipinski definition) is 2. The van der Waals surface area contributed by atoms with Crippen LogP contribution in [0.3, 0.4) is 0 Å². The van der Waals surface area contributed by atoms with Gasteiger partial charge in [0.05, 0.1) is 0 Å². The Labute approximate surface area is 83.7 Å². The Hall–Kier alpha value is -1.58. The van der Waals surface area contributed by atoms with Gasteiger partial charge in [0.25, 0.3) is 0 Å². The molecular weight excluding hydrogens is 178 g/mol. The van der Waals surface area contributed by atoms with Crippen LogP contribution < -0.4 is 10.6 Å². The summed E-state index contributed by atoms with van der Waals surface area (Å²) in [7, 11) is 0. The molecule has 1 aromatic heterocycles. The van der Waals surface area contributed by atoms with Gasteiger partial charge in [0.1, 0.15) is 0 Å². The molecule has 0 radical (unpaired) electrons. The van der Waals surface area contributed by atoms with E-state index < -0.39 is 0 Å². The molecule has 76 valence electrons. The molecule has 4 nitrogen and oxygen atoms in total. The van der Waals surface area contributed by atoms with Gasteiger partial charge in [-0.3, -0.25) is 9.78 Å². The fourth-order valence-corrected chi connectivity index (χ4v) is 1.10. The molecule has 14 heavy (non-hydrogen) atoms. The molecule has 0 atom stereocenters. The molecule has 0 aliphatic rings. The standard InChI is InChI=1S/C10H15N3O/c1-8-7-10(3-4-11-8)13-6-5-12-9(2)14/h3-4,7H,5-6H2,1-2H3,(H,11,13)(H,12,14). The Bertz CT molecular complexity index is 312. The highest BCUT2D eigenvalue weighted by Gasteiger charge is 1.93. The Balaban J connectivity index is 2.28. The number of rotatable bonds is 4. The van der Waals surface area contributed by atoms with Crippen LogP contribution in [0.15, 0.2) is 18.3 Å². The van der Waals surface area contributed by atoms with Gasteiger partial charge in [-0.15, -0.1) is 0 Å². The molecule has 0 bridgehead atoms. The highest BCUT2D eigenvalue weighted by atomic mass is 16.1. The van der Waals surface area contributed by atoms with Crippen molar-refractivity contribution < 1.29 is 4.79 Å². The zero-order chi connectivity index (χ0) is 10.4. The molecule has 0 spiro atoms. The van der Waals surface area contributed by atoms with Gasteiger partial charge < -0.3 is 10.6 Å². The molecule has 1 amide bonds. The molecule has 0 fully saturated rings. The number of amides is 1. The first-order valence-electron chi connectivity index (χ1n) is 4.59. The van der Waals surface area contributed by atoms with Crippen LogP contribution in [0.4, 0.5) is 5.69 Å². The van der Waals surface area contributed by atoms with Crippen molar-refractivity contribution in [1.29, 1.82) is 0 Å². The molecule has 1 rings (SSSR count). The van der Waals surface area contributed by atoms with Crippen LogP contribution in [0.2, 0.25) is 0 Å². The third-order valence-corrected chi connectivity index (χ3v) is 1.72. The summed E-state index contributed by atoms with van der Waals surface area (Å²) in [5.41, 5.74) is 2.01. The monoisotopic (exact) mass is 193 g/mol. The predicted octanol–water partition coefficient (Wildman–Crippen LogP) is 0.938. The van der Waals surface area contributed by atoms with Crippen molar-refractivity contribution in [2.24, 2.45) is 0 Å². The number of nitrogens with zero attached hydrogens (tertiary/aromatic N) is 1. The molecule has 0 aliphatic heterocycles. The Morgan fingerprint density at radius 3 is 2.93 bits per heavy atom. The fourth-order valence-electron chi connectivity index (χ4n) is 1.10. The summed E-state index contributed by atoms with van der Waals surface area (Å²) in [5.74, 6) is -0.00212. The van der Waals surface area contributed by atoms with E-state index in [1.165, 1.54) is 6.92 Å². The minimum absolute atomic E-state index is 0.00212. The fraction of sp³-hybridized carbons (Fsp3) is 0.400. The second-order valence-electron chi connectivity index (χ2n) is 3.10. The molecule has 4 heteroatoms. The first-order valence-corrected chi connectivity index (χ1v) is 4.59. The van der Waals surface area contributed by atoms with Gasteiger partial charge in [-0.25, -0.2) is 0 Å². The summed E-state index contributed by atoms with van der Waals surface area (Å²) < 4.78 is 0. The molecule has 0 aromatic carbocycles. The highest BCUT2D eigenvalue weighted by molar-refractivity contribution is 5.72. The van der Waals surface area contributed by atoms with Gasteiger partial charge in [0.15, 0.2) is 0 Å². The predicted molar refractivity (Wildman–Crippen MR) is 56.1 cm³/mol. The van der Waals surface area contributed by atoms with Crippen LogP contribution in [0.5, 0.6) is 0 Å². The molecule has 2 N–H and O–H groups in total. The van der Waals surface area contributed by atoms with Gasteiger partial charge in [-0.05, 0) is 19.1 Å². The highest BCUT2D eigenvalue weighted by Crippen LogP contribution is 2.05. The molecular formula is C10H15N3O. The van der Waals surface area contributed by atoms with Crippen molar-refractivity contribution in [1.82, 2.24) is 10.3 Å². The zero-order valence-electron chi connectivity index (χ0n) is 8.50. The third-order valence-electron chi connectivity index (χ3n) is 1.72. The van der Waals surface area contributed by atoms with E-state index in [0.29, 0.717) is 6.54 Å². The first-order chi connectivity index (χ1) is 6.68. The van der Waals surface area contributed by atoms with Crippen molar-refractivity contribution in [2.45, 2.75) is 13.8 Å². The number of aryl methyl sites for hydroxylation is 1. The van der Waals surface area contributed by atoms with Crippen LogP contribution in [0.25, 0.3) is 0 Å². The van der Waals surface area contributed by atoms with Crippen LogP contribution in [-0.2, 0) is 4.79 Å². The largest absolute Gasteiger partial charge is 0.383 e. The summed E-state index contributed by atoms with van der Waals surface area (Å²) in [6.07, 6.45) is 1.76. The van der Waals surface area contributed by atoms with Crippen LogP contribution in [0, 0.1) is 6.92 Å². The van der Waals surface area contributed by atoms with E-state index in [0.717, 1.165) is 17.9 Å². The topological polar surface area (TPSA) is 54.0 Å². The molecule has 1 aromatic rings. The Morgan fingerprint density at radius 1 is 1.50 bits per heavy atom. The van der Waals surface area contributed by atoms with Gasteiger partial charge in [0, 0.05) is 37.6 Å². The third kappa shape index (κ3) is 3.89. The number of anilines is 1. The second-order valence-corrected chi connectivity index (χ2v) is 3.10. The van der Waals surface area contributed by atoms with E-state index in [4.69, 9.17) is 0 Å². The van der Waals surface area contributed by atoms with E-state index in [1.54, 1.807) is 6.20 Å². The van der Waals surface area contributed by atoms with Gasteiger partial charge in [0.2, 0.25) is 5.91 Å². The van der Waals surface area contributed by atoms with E-state index in [1.807, 2.05) is 19.1 Å².